The molecule has 2 aliphatic rings. The maximum Gasteiger partial charge on any atom is 0.0943 e. The number of fused-ring (bicyclic) bond motifs is 2. The first-order valence-corrected chi connectivity index (χ1v) is 9.53. The molecule has 25 heavy (non-hydrogen) atoms. The first-order chi connectivity index (χ1) is 12.0. The van der Waals surface area contributed by atoms with Crippen LogP contribution in [0.5, 0.6) is 0 Å². The number of ether oxygens (including phenoxy) is 1. The Morgan fingerprint density at radius 1 is 1.44 bits per heavy atom. The van der Waals surface area contributed by atoms with Crippen molar-refractivity contribution in [1.82, 2.24) is 9.88 Å². The predicted octanol–water partition coefficient (Wildman–Crippen LogP) is 3.30. The van der Waals surface area contributed by atoms with Crippen molar-refractivity contribution in [3.8, 4) is 0 Å². The highest BCUT2D eigenvalue weighted by atomic mass is 16.5. The molecule has 136 valence electrons. The first-order valence-electron chi connectivity index (χ1n) is 9.53. The lowest BCUT2D eigenvalue weighted by molar-refractivity contribution is -0.141. The van der Waals surface area contributed by atoms with Gasteiger partial charge in [0.25, 0.3) is 0 Å². The molecule has 1 saturated heterocycles. The number of piperidine rings is 1. The Kier molecular flexibility index (Phi) is 4.18. The van der Waals surface area contributed by atoms with Crippen molar-refractivity contribution in [3.05, 3.63) is 35.5 Å². The van der Waals surface area contributed by atoms with Crippen molar-refractivity contribution in [2.45, 2.75) is 56.8 Å². The summed E-state index contributed by atoms with van der Waals surface area (Å²) in [5.41, 5.74) is 3.35. The number of hydrogen-bond donors (Lipinski definition) is 2. The number of aromatic amines is 1. The molecule has 0 spiro atoms. The number of likely N-dealkylation sites (tertiary alicyclic amines) is 1. The summed E-state index contributed by atoms with van der Waals surface area (Å²) in [6.07, 6.45) is 4.86. The first kappa shape index (κ1) is 17.1. The summed E-state index contributed by atoms with van der Waals surface area (Å²) in [7, 11) is 3.92. The molecule has 2 N–H and O–H groups in total. The Morgan fingerprint density at radius 3 is 2.96 bits per heavy atom. The number of hydrogen-bond acceptors (Lipinski definition) is 3. The van der Waals surface area contributed by atoms with Crippen molar-refractivity contribution >= 4 is 10.9 Å². The fourth-order valence-electron chi connectivity index (χ4n) is 5.42. The van der Waals surface area contributed by atoms with Crippen LogP contribution in [0, 0.1) is 5.92 Å². The molecule has 5 atom stereocenters. The van der Waals surface area contributed by atoms with E-state index in [1.54, 1.807) is 7.11 Å². The molecule has 1 aromatic carbocycles. The Morgan fingerprint density at radius 2 is 2.24 bits per heavy atom. The molecule has 4 nitrogen and oxygen atoms in total. The van der Waals surface area contributed by atoms with Gasteiger partial charge in [-0.2, -0.15) is 0 Å². The van der Waals surface area contributed by atoms with Gasteiger partial charge in [-0.1, -0.05) is 19.1 Å². The number of methoxy groups -OCH3 is 1. The highest BCUT2D eigenvalue weighted by Crippen LogP contribution is 2.47. The molecular weight excluding hydrogens is 312 g/mol. The maximum atomic E-state index is 11.4. The number of aliphatic hydroxyl groups is 1. The third kappa shape index (κ3) is 2.46. The minimum Gasteiger partial charge on any atom is -0.387 e. The second-order valence-electron chi connectivity index (χ2n) is 8.06. The van der Waals surface area contributed by atoms with Gasteiger partial charge in [-0.15, -0.1) is 0 Å². The zero-order chi connectivity index (χ0) is 17.8. The zero-order valence-electron chi connectivity index (χ0n) is 15.7. The molecule has 2 heterocycles. The maximum absolute atomic E-state index is 11.4. The molecule has 1 fully saturated rings. The van der Waals surface area contributed by atoms with Crippen LogP contribution in [0.25, 0.3) is 10.9 Å². The van der Waals surface area contributed by atoms with Gasteiger partial charge in [0.15, 0.2) is 0 Å². The van der Waals surface area contributed by atoms with E-state index in [-0.39, 0.29) is 12.0 Å². The third-order valence-corrected chi connectivity index (χ3v) is 7.06. The molecule has 0 amide bonds. The molecule has 1 aliphatic heterocycles. The van der Waals surface area contributed by atoms with Crippen molar-refractivity contribution in [2.24, 2.45) is 5.92 Å². The molecule has 0 saturated carbocycles. The fraction of sp³-hybridized carbons (Fsp3) is 0.619. The number of H-pyrrole nitrogens is 1. The van der Waals surface area contributed by atoms with Crippen LogP contribution in [-0.2, 0) is 11.2 Å². The molecule has 4 heteroatoms. The van der Waals surface area contributed by atoms with Crippen LogP contribution in [0.2, 0.25) is 0 Å². The minimum absolute atomic E-state index is 0.158. The fourth-order valence-corrected chi connectivity index (χ4v) is 5.42. The van der Waals surface area contributed by atoms with Crippen molar-refractivity contribution in [1.29, 1.82) is 0 Å². The van der Waals surface area contributed by atoms with Gasteiger partial charge in [-0.25, -0.2) is 0 Å². The standard InChI is InChI=1S/C21H30N2O2/c1-5-21(24,13(2)25-4)15-10-17-16-7-6-8-18-20(16)14(11-22-18)9-19(17)23(3)12-15/h6-8,11,13,15,17,19,22,24H,5,9-10,12H2,1-4H3/t13?,15-,17?,19-,21?/m1/s1. The molecule has 1 aliphatic carbocycles. The summed E-state index contributed by atoms with van der Waals surface area (Å²) < 4.78 is 5.56. The van der Waals surface area contributed by atoms with Gasteiger partial charge in [0, 0.05) is 48.6 Å². The van der Waals surface area contributed by atoms with Gasteiger partial charge >= 0.3 is 0 Å². The minimum atomic E-state index is -0.777. The zero-order valence-corrected chi connectivity index (χ0v) is 15.7. The van der Waals surface area contributed by atoms with Crippen molar-refractivity contribution < 1.29 is 9.84 Å². The number of rotatable bonds is 4. The van der Waals surface area contributed by atoms with Gasteiger partial charge in [0.1, 0.15) is 0 Å². The van der Waals surface area contributed by atoms with Crippen molar-refractivity contribution in [2.75, 3.05) is 20.7 Å². The summed E-state index contributed by atoms with van der Waals surface area (Å²) in [5, 5.41) is 12.8. The topological polar surface area (TPSA) is 48.5 Å². The van der Waals surface area contributed by atoms with Crippen LogP contribution < -0.4 is 0 Å². The average molecular weight is 342 g/mol. The smallest absolute Gasteiger partial charge is 0.0943 e. The van der Waals surface area contributed by atoms with Crippen LogP contribution in [0.15, 0.2) is 24.4 Å². The van der Waals surface area contributed by atoms with Crippen LogP contribution in [0.1, 0.15) is 43.7 Å². The lowest BCUT2D eigenvalue weighted by Gasteiger charge is -2.51. The summed E-state index contributed by atoms with van der Waals surface area (Å²) in [6, 6.07) is 7.14. The Hall–Kier alpha value is -1.36. The average Bonchev–Trinajstić information content (AvgIpc) is 3.05. The van der Waals surface area contributed by atoms with Crippen LogP contribution in [0.3, 0.4) is 0 Å². The number of aromatic nitrogens is 1. The van der Waals surface area contributed by atoms with E-state index in [9.17, 15) is 5.11 Å². The SMILES string of the molecule is CCC(O)(C(C)OC)[C@@H]1CC2c3cccc4[nH]cc(c34)C[C@H]2N(C)C1. The van der Waals surface area contributed by atoms with Gasteiger partial charge < -0.3 is 19.7 Å². The Labute approximate surface area is 150 Å². The monoisotopic (exact) mass is 342 g/mol. The quantitative estimate of drug-likeness (QED) is 0.896. The van der Waals surface area contributed by atoms with Crippen LogP contribution in [-0.4, -0.2) is 53.4 Å². The summed E-state index contributed by atoms with van der Waals surface area (Å²) >= 11 is 0. The number of likely N-dealkylation sites (N-methyl/N-ethyl adjacent to an activating group) is 1. The molecule has 4 rings (SSSR count). The molecule has 0 bridgehead atoms. The van der Waals surface area contributed by atoms with E-state index < -0.39 is 5.60 Å². The van der Waals surface area contributed by atoms with E-state index in [4.69, 9.17) is 4.74 Å². The van der Waals surface area contributed by atoms with E-state index in [0.717, 1.165) is 25.8 Å². The lowest BCUT2D eigenvalue weighted by atomic mass is 9.67. The molecule has 0 radical (unpaired) electrons. The Balaban J connectivity index is 1.74. The van der Waals surface area contributed by atoms with E-state index >= 15 is 0 Å². The van der Waals surface area contributed by atoms with Crippen LogP contribution in [0.4, 0.5) is 0 Å². The molecule has 2 aromatic rings. The van der Waals surface area contributed by atoms with E-state index in [2.05, 4.69) is 48.3 Å². The highest BCUT2D eigenvalue weighted by molar-refractivity contribution is 5.88. The number of nitrogens with one attached hydrogen (secondary N) is 1. The van der Waals surface area contributed by atoms with E-state index in [1.807, 2.05) is 6.92 Å². The summed E-state index contributed by atoms with van der Waals surface area (Å²) in [6.45, 7) is 5.00. The van der Waals surface area contributed by atoms with Gasteiger partial charge in [-0.3, -0.25) is 0 Å². The predicted molar refractivity (Wildman–Crippen MR) is 101 cm³/mol. The number of benzene rings is 1. The van der Waals surface area contributed by atoms with E-state index in [1.165, 1.54) is 22.0 Å². The largest absolute Gasteiger partial charge is 0.387 e. The summed E-state index contributed by atoms with van der Waals surface area (Å²) in [5.74, 6) is 0.687. The third-order valence-electron chi connectivity index (χ3n) is 7.06. The van der Waals surface area contributed by atoms with E-state index in [0.29, 0.717) is 12.0 Å². The Bertz CT molecular complexity index is 770. The lowest BCUT2D eigenvalue weighted by Crippen LogP contribution is -2.57. The molecule has 3 unspecified atom stereocenters. The van der Waals surface area contributed by atoms with Gasteiger partial charge in [0.2, 0.25) is 0 Å². The highest BCUT2D eigenvalue weighted by Gasteiger charge is 2.48. The second kappa shape index (κ2) is 6.11. The molecule has 1 aromatic heterocycles. The number of nitrogens with zero attached hydrogens (tertiary/aromatic N) is 1. The second-order valence-corrected chi connectivity index (χ2v) is 8.06. The van der Waals surface area contributed by atoms with Crippen molar-refractivity contribution in [3.63, 3.8) is 0 Å². The van der Waals surface area contributed by atoms with Gasteiger partial charge in [0.05, 0.1) is 11.7 Å². The normalized spacial score (nSPS) is 30.0. The molecular formula is C21H30N2O2. The van der Waals surface area contributed by atoms with Gasteiger partial charge in [-0.05, 0) is 50.4 Å². The van der Waals surface area contributed by atoms with Crippen LogP contribution >= 0.6 is 0 Å². The summed E-state index contributed by atoms with van der Waals surface area (Å²) in [4.78, 5) is 5.91.